The molecule has 144 valence electrons. The Morgan fingerprint density at radius 2 is 2.07 bits per heavy atom. The van der Waals surface area contributed by atoms with Gasteiger partial charge in [-0.2, -0.15) is 4.36 Å². The Bertz CT molecular complexity index is 1010. The predicted molar refractivity (Wildman–Crippen MR) is 97.8 cm³/mol. The molecule has 1 spiro atoms. The third kappa shape index (κ3) is 3.46. The normalized spacial score (nSPS) is 28.4. The number of morpholine rings is 1. The standard InChI is InChI=1S/C17H21N5O4S/c1-13(23)20-27(25)9-3-17(4-10-27)11-21(7-8-26-17)16(24)14-15-18-5-2-6-22(15)12-19-14/h2,5-6,12H,3-4,7-11H2,1H3. The van der Waals surface area contributed by atoms with Gasteiger partial charge in [0.15, 0.2) is 11.3 Å². The summed E-state index contributed by atoms with van der Waals surface area (Å²) in [6.07, 6.45) is 6.02. The molecule has 2 fully saturated rings. The van der Waals surface area contributed by atoms with Crippen molar-refractivity contribution in [1.29, 1.82) is 0 Å². The summed E-state index contributed by atoms with van der Waals surface area (Å²) >= 11 is 0. The number of fused-ring (bicyclic) bond motifs is 1. The molecule has 0 radical (unpaired) electrons. The van der Waals surface area contributed by atoms with Gasteiger partial charge in [0.2, 0.25) is 0 Å². The zero-order valence-corrected chi connectivity index (χ0v) is 15.9. The molecule has 0 aliphatic carbocycles. The van der Waals surface area contributed by atoms with Crippen LogP contribution in [-0.2, 0) is 19.3 Å². The smallest absolute Gasteiger partial charge is 0.276 e. The predicted octanol–water partition coefficient (Wildman–Crippen LogP) is 0.749. The van der Waals surface area contributed by atoms with Crippen LogP contribution < -0.4 is 0 Å². The molecule has 2 amide bonds. The maximum atomic E-state index is 13.0. The average Bonchev–Trinajstić information content (AvgIpc) is 3.08. The third-order valence-electron chi connectivity index (χ3n) is 5.08. The third-order valence-corrected chi connectivity index (χ3v) is 7.36. The lowest BCUT2D eigenvalue weighted by molar-refractivity contribution is -0.115. The van der Waals surface area contributed by atoms with Crippen LogP contribution in [0.15, 0.2) is 29.2 Å². The molecule has 0 saturated carbocycles. The molecule has 10 heteroatoms. The van der Waals surface area contributed by atoms with Gasteiger partial charge in [-0.15, -0.1) is 0 Å². The van der Waals surface area contributed by atoms with Crippen LogP contribution >= 0.6 is 0 Å². The summed E-state index contributed by atoms with van der Waals surface area (Å²) in [6, 6.07) is 1.78. The summed E-state index contributed by atoms with van der Waals surface area (Å²) in [5.41, 5.74) is 0.304. The highest BCUT2D eigenvalue weighted by atomic mass is 32.2. The van der Waals surface area contributed by atoms with Gasteiger partial charge in [-0.25, -0.2) is 14.2 Å². The molecular formula is C17H21N5O4S. The van der Waals surface area contributed by atoms with Crippen molar-refractivity contribution >= 4 is 27.2 Å². The summed E-state index contributed by atoms with van der Waals surface area (Å²) in [5.74, 6) is 0.0303. The molecule has 0 bridgehead atoms. The summed E-state index contributed by atoms with van der Waals surface area (Å²) < 4.78 is 24.2. The number of aromatic nitrogens is 3. The molecule has 2 aromatic rings. The maximum absolute atomic E-state index is 13.0. The van der Waals surface area contributed by atoms with Gasteiger partial charge in [-0.05, 0) is 18.9 Å². The van der Waals surface area contributed by atoms with Gasteiger partial charge in [0.25, 0.3) is 11.8 Å². The van der Waals surface area contributed by atoms with E-state index in [1.165, 1.54) is 6.92 Å². The van der Waals surface area contributed by atoms with Crippen LogP contribution in [0.25, 0.3) is 5.65 Å². The van der Waals surface area contributed by atoms with E-state index in [-0.39, 0.29) is 5.91 Å². The van der Waals surface area contributed by atoms with Gasteiger partial charge in [0.1, 0.15) is 6.33 Å². The lowest BCUT2D eigenvalue weighted by atomic mass is 9.94. The second-order valence-electron chi connectivity index (χ2n) is 6.99. The van der Waals surface area contributed by atoms with Gasteiger partial charge in [-0.1, -0.05) is 0 Å². The number of imidazole rings is 1. The second-order valence-corrected chi connectivity index (χ2v) is 9.54. The number of carbonyl (C=O) groups is 2. The van der Waals surface area contributed by atoms with Gasteiger partial charge < -0.3 is 9.64 Å². The van der Waals surface area contributed by atoms with E-state index in [2.05, 4.69) is 14.3 Å². The highest BCUT2D eigenvalue weighted by Crippen LogP contribution is 2.32. The van der Waals surface area contributed by atoms with Crippen LogP contribution in [0.4, 0.5) is 0 Å². The van der Waals surface area contributed by atoms with Crippen LogP contribution in [0.3, 0.4) is 0 Å². The average molecular weight is 391 g/mol. The number of carbonyl (C=O) groups excluding carboxylic acids is 2. The minimum Gasteiger partial charge on any atom is -0.371 e. The first-order valence-corrected chi connectivity index (χ1v) is 10.7. The van der Waals surface area contributed by atoms with Gasteiger partial charge in [0, 0.05) is 37.4 Å². The maximum Gasteiger partial charge on any atom is 0.276 e. The zero-order valence-electron chi connectivity index (χ0n) is 15.0. The molecule has 2 saturated heterocycles. The Morgan fingerprint density at radius 3 is 2.81 bits per heavy atom. The molecule has 2 aromatic heterocycles. The van der Waals surface area contributed by atoms with E-state index in [1.54, 1.807) is 34.1 Å². The van der Waals surface area contributed by atoms with Crippen molar-refractivity contribution in [2.75, 3.05) is 31.2 Å². The van der Waals surface area contributed by atoms with E-state index in [0.717, 1.165) is 0 Å². The van der Waals surface area contributed by atoms with Gasteiger partial charge >= 0.3 is 0 Å². The van der Waals surface area contributed by atoms with E-state index < -0.39 is 21.2 Å². The first-order valence-electron chi connectivity index (χ1n) is 8.84. The largest absolute Gasteiger partial charge is 0.371 e. The van der Waals surface area contributed by atoms with Crippen LogP contribution in [-0.4, -0.2) is 72.1 Å². The quantitative estimate of drug-likeness (QED) is 0.710. The van der Waals surface area contributed by atoms with Crippen molar-refractivity contribution in [3.8, 4) is 0 Å². The summed E-state index contributed by atoms with van der Waals surface area (Å²) in [7, 11) is -2.51. The zero-order chi connectivity index (χ0) is 19.1. The molecular weight excluding hydrogens is 370 g/mol. The van der Waals surface area contributed by atoms with E-state index in [0.29, 0.717) is 55.4 Å². The highest BCUT2D eigenvalue weighted by Gasteiger charge is 2.43. The monoisotopic (exact) mass is 391 g/mol. The number of nitrogens with zero attached hydrogens (tertiary/aromatic N) is 5. The minimum atomic E-state index is -2.51. The van der Waals surface area contributed by atoms with Gasteiger partial charge in [0.05, 0.1) is 28.5 Å². The Balaban J connectivity index is 1.53. The van der Waals surface area contributed by atoms with Crippen LogP contribution in [0.2, 0.25) is 0 Å². The van der Waals surface area contributed by atoms with Crippen molar-refractivity contribution in [3.05, 3.63) is 30.5 Å². The molecule has 0 unspecified atom stereocenters. The van der Waals surface area contributed by atoms with E-state index >= 15 is 0 Å². The van der Waals surface area contributed by atoms with Crippen molar-refractivity contribution < 1.29 is 18.5 Å². The topological polar surface area (TPSA) is 106 Å². The van der Waals surface area contributed by atoms with Crippen LogP contribution in [0, 0.1) is 0 Å². The molecule has 9 nitrogen and oxygen atoms in total. The molecule has 4 heterocycles. The number of hydrogen-bond donors (Lipinski definition) is 0. The summed E-state index contributed by atoms with van der Waals surface area (Å²) in [4.78, 5) is 34.4. The first kappa shape index (κ1) is 18.1. The molecule has 0 atom stereocenters. The van der Waals surface area contributed by atoms with Crippen molar-refractivity contribution in [3.63, 3.8) is 0 Å². The van der Waals surface area contributed by atoms with Crippen molar-refractivity contribution in [2.24, 2.45) is 4.36 Å². The van der Waals surface area contributed by atoms with Crippen LogP contribution in [0.5, 0.6) is 0 Å². The highest BCUT2D eigenvalue weighted by molar-refractivity contribution is 7.93. The SMILES string of the molecule is CC(=O)N=S1(=O)CCC2(CC1)CN(C(=O)c1ncn3cccnc13)CCO2. The first-order chi connectivity index (χ1) is 12.9. The number of amides is 2. The minimum absolute atomic E-state index is 0.182. The fourth-order valence-corrected chi connectivity index (χ4v) is 5.94. The molecule has 0 aromatic carbocycles. The lowest BCUT2D eigenvalue weighted by Crippen LogP contribution is -2.56. The Kier molecular flexibility index (Phi) is 4.47. The molecule has 0 N–H and O–H groups in total. The number of rotatable bonds is 1. The van der Waals surface area contributed by atoms with Crippen molar-refractivity contribution in [2.45, 2.75) is 25.4 Å². The molecule has 2 aliphatic rings. The molecule has 2 aliphatic heterocycles. The number of ether oxygens (including phenoxy) is 1. The Morgan fingerprint density at radius 1 is 1.30 bits per heavy atom. The molecule has 27 heavy (non-hydrogen) atoms. The van der Waals surface area contributed by atoms with E-state index in [9.17, 15) is 13.8 Å². The van der Waals surface area contributed by atoms with E-state index in [1.807, 2.05) is 0 Å². The van der Waals surface area contributed by atoms with E-state index in [4.69, 9.17) is 4.74 Å². The van der Waals surface area contributed by atoms with Crippen LogP contribution in [0.1, 0.15) is 30.3 Å². The lowest BCUT2D eigenvalue weighted by Gasteiger charge is -2.45. The fraction of sp³-hybridized carbons (Fsp3) is 0.529. The summed E-state index contributed by atoms with van der Waals surface area (Å²) in [5, 5.41) is 0. The fourth-order valence-electron chi connectivity index (χ4n) is 3.70. The summed E-state index contributed by atoms with van der Waals surface area (Å²) in [6.45, 7) is 2.61. The molecule has 4 rings (SSSR count). The second kappa shape index (κ2) is 6.68. The van der Waals surface area contributed by atoms with Gasteiger partial charge in [-0.3, -0.25) is 14.0 Å². The Labute approximate surface area is 156 Å². The van der Waals surface area contributed by atoms with Crippen molar-refractivity contribution in [1.82, 2.24) is 19.3 Å². The number of hydrogen-bond acceptors (Lipinski definition) is 6. The Hall–Kier alpha value is -2.33.